The molecule has 3 amide bonds. The molecule has 2 N–H and O–H groups in total. The molecule has 4 rings (SSSR count). The van der Waals surface area contributed by atoms with Crippen molar-refractivity contribution in [2.45, 2.75) is 25.3 Å². The summed E-state index contributed by atoms with van der Waals surface area (Å²) >= 11 is 0. The lowest BCUT2D eigenvalue weighted by atomic mass is 10.1. The Morgan fingerprint density at radius 3 is 2.55 bits per heavy atom. The zero-order chi connectivity index (χ0) is 20.4. The van der Waals surface area contributed by atoms with Crippen molar-refractivity contribution in [3.63, 3.8) is 0 Å². The SMILES string of the molecule is COc1cccc(N2C[C@H](C(=O)Nc3ccc(C(=O)NC4CC4)cc3)CC2=O)c1. The third kappa shape index (κ3) is 4.39. The Bertz CT molecular complexity index is 937. The molecule has 150 valence electrons. The molecule has 2 aromatic rings. The van der Waals surface area contributed by atoms with Gasteiger partial charge in [-0.15, -0.1) is 0 Å². The number of benzene rings is 2. The van der Waals surface area contributed by atoms with Crippen molar-refractivity contribution < 1.29 is 19.1 Å². The quantitative estimate of drug-likeness (QED) is 0.790. The van der Waals surface area contributed by atoms with E-state index in [1.807, 2.05) is 18.2 Å². The van der Waals surface area contributed by atoms with Gasteiger partial charge in [-0.2, -0.15) is 0 Å². The van der Waals surface area contributed by atoms with E-state index in [0.29, 0.717) is 29.6 Å². The Kier molecular flexibility index (Phi) is 5.20. The number of methoxy groups -OCH3 is 1. The fraction of sp³-hybridized carbons (Fsp3) is 0.318. The molecule has 1 aliphatic heterocycles. The fourth-order valence-electron chi connectivity index (χ4n) is 3.36. The predicted molar refractivity (Wildman–Crippen MR) is 109 cm³/mol. The number of anilines is 2. The Balaban J connectivity index is 1.37. The zero-order valence-corrected chi connectivity index (χ0v) is 16.2. The molecule has 1 heterocycles. The topological polar surface area (TPSA) is 87.7 Å². The smallest absolute Gasteiger partial charge is 0.251 e. The first-order chi connectivity index (χ1) is 14.0. The molecule has 7 heteroatoms. The minimum absolute atomic E-state index is 0.0921. The van der Waals surface area contributed by atoms with E-state index in [1.165, 1.54) is 0 Å². The van der Waals surface area contributed by atoms with Gasteiger partial charge >= 0.3 is 0 Å². The van der Waals surface area contributed by atoms with Gasteiger partial charge < -0.3 is 20.3 Å². The average molecular weight is 393 g/mol. The van der Waals surface area contributed by atoms with Crippen molar-refractivity contribution in [2.24, 2.45) is 5.92 Å². The molecule has 29 heavy (non-hydrogen) atoms. The summed E-state index contributed by atoms with van der Waals surface area (Å²) in [6.07, 6.45) is 2.23. The van der Waals surface area contributed by atoms with Gasteiger partial charge in [0.1, 0.15) is 5.75 Å². The minimum Gasteiger partial charge on any atom is -0.497 e. The van der Waals surface area contributed by atoms with Crippen molar-refractivity contribution in [1.82, 2.24) is 5.32 Å². The Morgan fingerprint density at radius 2 is 1.86 bits per heavy atom. The maximum atomic E-state index is 12.6. The van der Waals surface area contributed by atoms with Crippen LogP contribution in [0.2, 0.25) is 0 Å². The largest absolute Gasteiger partial charge is 0.497 e. The molecule has 0 bridgehead atoms. The normalized spacial score (nSPS) is 18.4. The van der Waals surface area contributed by atoms with Crippen LogP contribution >= 0.6 is 0 Å². The molecule has 0 radical (unpaired) electrons. The summed E-state index contributed by atoms with van der Waals surface area (Å²) in [7, 11) is 1.57. The number of carbonyl (C=O) groups excluding carboxylic acids is 3. The summed E-state index contributed by atoms with van der Waals surface area (Å²) in [5.74, 6) is -0.175. The van der Waals surface area contributed by atoms with Gasteiger partial charge in [0, 0.05) is 42.0 Å². The number of ether oxygens (including phenoxy) is 1. The number of hydrogen-bond acceptors (Lipinski definition) is 4. The Labute approximate surface area is 169 Å². The highest BCUT2D eigenvalue weighted by molar-refractivity contribution is 6.03. The van der Waals surface area contributed by atoms with Crippen LogP contribution in [0.1, 0.15) is 29.6 Å². The van der Waals surface area contributed by atoms with Gasteiger partial charge in [0.15, 0.2) is 0 Å². The van der Waals surface area contributed by atoms with Crippen LogP contribution in [0.15, 0.2) is 48.5 Å². The molecule has 2 fully saturated rings. The van der Waals surface area contributed by atoms with Crippen molar-refractivity contribution in [3.05, 3.63) is 54.1 Å². The number of nitrogens with one attached hydrogen (secondary N) is 2. The van der Waals surface area contributed by atoms with Crippen LogP contribution in [0.25, 0.3) is 0 Å². The molecule has 0 aromatic heterocycles. The highest BCUT2D eigenvalue weighted by atomic mass is 16.5. The van der Waals surface area contributed by atoms with Gasteiger partial charge in [0.25, 0.3) is 5.91 Å². The fourth-order valence-corrected chi connectivity index (χ4v) is 3.36. The van der Waals surface area contributed by atoms with Gasteiger partial charge in [0.2, 0.25) is 11.8 Å². The van der Waals surface area contributed by atoms with Crippen LogP contribution in [0, 0.1) is 5.92 Å². The van der Waals surface area contributed by atoms with E-state index in [2.05, 4.69) is 10.6 Å². The first kappa shape index (κ1) is 19.0. The molecular formula is C22H23N3O4. The van der Waals surface area contributed by atoms with Gasteiger partial charge in [-0.1, -0.05) is 6.07 Å². The Morgan fingerprint density at radius 1 is 1.10 bits per heavy atom. The molecule has 0 spiro atoms. The summed E-state index contributed by atoms with van der Waals surface area (Å²) in [6, 6.07) is 14.3. The van der Waals surface area contributed by atoms with E-state index in [4.69, 9.17) is 4.74 Å². The summed E-state index contributed by atoms with van der Waals surface area (Å²) < 4.78 is 5.21. The van der Waals surface area contributed by atoms with Crippen LogP contribution in [-0.4, -0.2) is 37.4 Å². The number of rotatable bonds is 6. The standard InChI is InChI=1S/C22H23N3O4/c1-29-19-4-2-3-18(12-19)25-13-15(11-20(25)26)22(28)24-16-7-5-14(6-8-16)21(27)23-17-9-10-17/h2-8,12,15,17H,9-11,13H2,1H3,(H,23,27)(H,24,28)/t15-/m1/s1. The predicted octanol–water partition coefficient (Wildman–Crippen LogP) is 2.58. The molecular weight excluding hydrogens is 370 g/mol. The molecule has 1 atom stereocenters. The highest BCUT2D eigenvalue weighted by Crippen LogP contribution is 2.28. The second kappa shape index (κ2) is 7.95. The van der Waals surface area contributed by atoms with Gasteiger partial charge in [-0.05, 0) is 49.2 Å². The molecule has 1 aliphatic carbocycles. The van der Waals surface area contributed by atoms with Gasteiger partial charge in [-0.3, -0.25) is 14.4 Å². The van der Waals surface area contributed by atoms with Gasteiger partial charge in [0.05, 0.1) is 13.0 Å². The first-order valence-electron chi connectivity index (χ1n) is 9.69. The molecule has 2 aromatic carbocycles. The van der Waals surface area contributed by atoms with Crippen LogP contribution in [0.4, 0.5) is 11.4 Å². The number of carbonyl (C=O) groups is 3. The third-order valence-electron chi connectivity index (χ3n) is 5.19. The molecule has 7 nitrogen and oxygen atoms in total. The number of amides is 3. The third-order valence-corrected chi connectivity index (χ3v) is 5.19. The summed E-state index contributed by atoms with van der Waals surface area (Å²) in [4.78, 5) is 38.7. The second-order valence-corrected chi connectivity index (χ2v) is 7.42. The number of nitrogens with zero attached hydrogens (tertiary/aromatic N) is 1. The van der Waals surface area contributed by atoms with Gasteiger partial charge in [-0.25, -0.2) is 0 Å². The molecule has 0 unspecified atom stereocenters. The lowest BCUT2D eigenvalue weighted by molar-refractivity contribution is -0.122. The monoisotopic (exact) mass is 393 g/mol. The van der Waals surface area contributed by atoms with Crippen molar-refractivity contribution in [2.75, 3.05) is 23.9 Å². The van der Waals surface area contributed by atoms with Crippen LogP contribution in [0.3, 0.4) is 0 Å². The van der Waals surface area contributed by atoms with E-state index in [0.717, 1.165) is 18.5 Å². The molecule has 1 saturated carbocycles. The van der Waals surface area contributed by atoms with E-state index in [1.54, 1.807) is 42.3 Å². The lowest BCUT2D eigenvalue weighted by Crippen LogP contribution is -2.28. The van der Waals surface area contributed by atoms with Crippen LogP contribution in [-0.2, 0) is 9.59 Å². The van der Waals surface area contributed by atoms with Crippen molar-refractivity contribution >= 4 is 29.1 Å². The van der Waals surface area contributed by atoms with E-state index < -0.39 is 5.92 Å². The summed E-state index contributed by atoms with van der Waals surface area (Å²) in [6.45, 7) is 0.319. The lowest BCUT2D eigenvalue weighted by Gasteiger charge is -2.17. The van der Waals surface area contributed by atoms with E-state index >= 15 is 0 Å². The highest BCUT2D eigenvalue weighted by Gasteiger charge is 2.35. The number of hydrogen-bond donors (Lipinski definition) is 2. The minimum atomic E-state index is -0.438. The maximum absolute atomic E-state index is 12.6. The van der Waals surface area contributed by atoms with Crippen LogP contribution in [0.5, 0.6) is 5.75 Å². The van der Waals surface area contributed by atoms with Crippen molar-refractivity contribution in [1.29, 1.82) is 0 Å². The Hall–Kier alpha value is -3.35. The average Bonchev–Trinajstić information content (AvgIpc) is 3.46. The molecule has 2 aliphatic rings. The first-order valence-corrected chi connectivity index (χ1v) is 9.69. The second-order valence-electron chi connectivity index (χ2n) is 7.42. The summed E-state index contributed by atoms with van der Waals surface area (Å²) in [5, 5.41) is 5.77. The maximum Gasteiger partial charge on any atom is 0.251 e. The summed E-state index contributed by atoms with van der Waals surface area (Å²) in [5.41, 5.74) is 1.89. The van der Waals surface area contributed by atoms with Crippen molar-refractivity contribution in [3.8, 4) is 5.75 Å². The molecule has 1 saturated heterocycles. The van der Waals surface area contributed by atoms with Crippen LogP contribution < -0.4 is 20.3 Å². The zero-order valence-electron chi connectivity index (χ0n) is 16.2. The van der Waals surface area contributed by atoms with E-state index in [-0.39, 0.29) is 24.1 Å². The van der Waals surface area contributed by atoms with E-state index in [9.17, 15) is 14.4 Å².